The number of aromatic nitrogens is 1. The maximum Gasteiger partial charge on any atom is 0.414 e. The minimum atomic E-state index is -1.82. The summed E-state index contributed by atoms with van der Waals surface area (Å²) in [7, 11) is 1.75. The summed E-state index contributed by atoms with van der Waals surface area (Å²) in [5, 5.41) is 18.3. The van der Waals surface area contributed by atoms with Crippen LogP contribution in [0.5, 0.6) is 0 Å². The number of nitrogens with one attached hydrogen (secondary N) is 1. The molecule has 148 valence electrons. The predicted octanol–water partition coefficient (Wildman–Crippen LogP) is 2.51. The zero-order chi connectivity index (χ0) is 20.4. The Bertz CT molecular complexity index is 738. The largest absolute Gasteiger partial charge is 0.473 e. The molecular formula is C20H28N2O5. The normalized spacial score (nSPS) is 10.2. The highest BCUT2D eigenvalue weighted by molar-refractivity contribution is 6.27. The van der Waals surface area contributed by atoms with Gasteiger partial charge in [0.1, 0.15) is 0 Å². The van der Waals surface area contributed by atoms with Crippen molar-refractivity contribution in [1.82, 2.24) is 9.88 Å². The Hall–Kier alpha value is -2.64. The average Bonchev–Trinajstić information content (AvgIpc) is 2.89. The first-order valence-electron chi connectivity index (χ1n) is 8.63. The molecule has 0 bridgehead atoms. The van der Waals surface area contributed by atoms with Crippen LogP contribution < -0.4 is 5.32 Å². The molecule has 1 aromatic carbocycles. The first-order chi connectivity index (χ1) is 12.8. The fourth-order valence-electron chi connectivity index (χ4n) is 2.63. The van der Waals surface area contributed by atoms with Crippen LogP contribution in [0.2, 0.25) is 0 Å². The molecule has 2 aromatic rings. The van der Waals surface area contributed by atoms with E-state index in [1.807, 2.05) is 0 Å². The molecule has 2 rings (SSSR count). The Labute approximate surface area is 159 Å². The van der Waals surface area contributed by atoms with Crippen LogP contribution in [0.3, 0.4) is 0 Å². The van der Waals surface area contributed by atoms with Crippen molar-refractivity contribution >= 4 is 11.9 Å². The molecule has 0 radical (unpaired) electrons. The Kier molecular flexibility index (Phi) is 9.25. The van der Waals surface area contributed by atoms with E-state index in [1.165, 1.54) is 28.1 Å². The molecule has 7 heteroatoms. The summed E-state index contributed by atoms with van der Waals surface area (Å²) < 4.78 is 7.50. The second-order valence-corrected chi connectivity index (χ2v) is 6.24. The van der Waals surface area contributed by atoms with E-state index < -0.39 is 11.9 Å². The van der Waals surface area contributed by atoms with Gasteiger partial charge in [0, 0.05) is 38.1 Å². The van der Waals surface area contributed by atoms with Crippen molar-refractivity contribution in [3.63, 3.8) is 0 Å². The summed E-state index contributed by atoms with van der Waals surface area (Å²) in [6.07, 6.45) is 0. The minimum Gasteiger partial charge on any atom is -0.473 e. The SMILES string of the molecule is COCCn1c(C)cc(CNCc2ccc(C)cc2)c1C.O=C(O)C(=O)O. The van der Waals surface area contributed by atoms with Gasteiger partial charge in [-0.05, 0) is 38.0 Å². The summed E-state index contributed by atoms with van der Waals surface area (Å²) in [5.41, 5.74) is 6.64. The van der Waals surface area contributed by atoms with Crippen LogP contribution in [0.15, 0.2) is 30.3 Å². The summed E-state index contributed by atoms with van der Waals surface area (Å²) in [6.45, 7) is 9.95. The zero-order valence-electron chi connectivity index (χ0n) is 16.3. The Balaban J connectivity index is 0.000000527. The lowest BCUT2D eigenvalue weighted by Gasteiger charge is -2.09. The van der Waals surface area contributed by atoms with Gasteiger partial charge in [0.05, 0.1) is 6.61 Å². The number of ether oxygens (including phenoxy) is 1. The molecule has 0 amide bonds. The van der Waals surface area contributed by atoms with Gasteiger partial charge < -0.3 is 24.8 Å². The lowest BCUT2D eigenvalue weighted by atomic mass is 10.1. The van der Waals surface area contributed by atoms with Crippen molar-refractivity contribution < 1.29 is 24.5 Å². The third kappa shape index (κ3) is 7.64. The van der Waals surface area contributed by atoms with Crippen LogP contribution in [0.1, 0.15) is 28.1 Å². The van der Waals surface area contributed by atoms with Crippen LogP contribution >= 0.6 is 0 Å². The maximum absolute atomic E-state index is 9.10. The quantitative estimate of drug-likeness (QED) is 0.642. The molecular weight excluding hydrogens is 348 g/mol. The minimum absolute atomic E-state index is 0.757. The van der Waals surface area contributed by atoms with Gasteiger partial charge in [-0.3, -0.25) is 0 Å². The molecule has 0 saturated heterocycles. The van der Waals surface area contributed by atoms with E-state index >= 15 is 0 Å². The predicted molar refractivity (Wildman–Crippen MR) is 103 cm³/mol. The third-order valence-corrected chi connectivity index (χ3v) is 4.15. The molecule has 0 unspecified atom stereocenters. The van der Waals surface area contributed by atoms with E-state index in [0.29, 0.717) is 0 Å². The van der Waals surface area contributed by atoms with Crippen molar-refractivity contribution in [3.05, 3.63) is 58.4 Å². The van der Waals surface area contributed by atoms with Crippen LogP contribution in [0.4, 0.5) is 0 Å². The van der Waals surface area contributed by atoms with Gasteiger partial charge in [-0.1, -0.05) is 29.8 Å². The lowest BCUT2D eigenvalue weighted by Crippen LogP contribution is -2.14. The van der Waals surface area contributed by atoms with Gasteiger partial charge in [0.15, 0.2) is 0 Å². The zero-order valence-corrected chi connectivity index (χ0v) is 16.3. The van der Waals surface area contributed by atoms with Crippen molar-refractivity contribution in [2.24, 2.45) is 0 Å². The number of hydrogen-bond donors (Lipinski definition) is 3. The van der Waals surface area contributed by atoms with Crippen LogP contribution in [-0.2, 0) is 34.0 Å². The van der Waals surface area contributed by atoms with Crippen molar-refractivity contribution in [3.8, 4) is 0 Å². The molecule has 0 aliphatic carbocycles. The molecule has 0 aliphatic heterocycles. The van der Waals surface area contributed by atoms with Gasteiger partial charge in [-0.15, -0.1) is 0 Å². The number of rotatable bonds is 7. The smallest absolute Gasteiger partial charge is 0.414 e. The second kappa shape index (κ2) is 11.2. The summed E-state index contributed by atoms with van der Waals surface area (Å²) in [4.78, 5) is 18.2. The van der Waals surface area contributed by atoms with Crippen LogP contribution in [-0.4, -0.2) is 40.4 Å². The fraction of sp³-hybridized carbons (Fsp3) is 0.400. The number of carboxylic acid groups (broad SMARTS) is 2. The summed E-state index contributed by atoms with van der Waals surface area (Å²) >= 11 is 0. The average molecular weight is 376 g/mol. The number of aliphatic carboxylic acids is 2. The molecule has 0 aliphatic rings. The number of carboxylic acids is 2. The molecule has 1 aromatic heterocycles. The highest BCUT2D eigenvalue weighted by Gasteiger charge is 2.08. The number of benzene rings is 1. The molecule has 0 fully saturated rings. The number of methoxy groups -OCH3 is 1. The summed E-state index contributed by atoms with van der Waals surface area (Å²) in [5.74, 6) is -3.65. The first-order valence-corrected chi connectivity index (χ1v) is 8.63. The third-order valence-electron chi connectivity index (χ3n) is 4.15. The number of aryl methyl sites for hydroxylation is 2. The van der Waals surface area contributed by atoms with E-state index in [1.54, 1.807) is 7.11 Å². The number of nitrogens with zero attached hydrogens (tertiary/aromatic N) is 1. The second-order valence-electron chi connectivity index (χ2n) is 6.24. The Morgan fingerprint density at radius 3 is 2.15 bits per heavy atom. The fourth-order valence-corrected chi connectivity index (χ4v) is 2.63. The van der Waals surface area contributed by atoms with Gasteiger partial charge in [0.25, 0.3) is 0 Å². The highest BCUT2D eigenvalue weighted by atomic mass is 16.5. The Morgan fingerprint density at radius 1 is 1.04 bits per heavy atom. The number of hydrogen-bond acceptors (Lipinski definition) is 4. The van der Waals surface area contributed by atoms with Gasteiger partial charge >= 0.3 is 11.9 Å². The monoisotopic (exact) mass is 376 g/mol. The van der Waals surface area contributed by atoms with Crippen LogP contribution in [0.25, 0.3) is 0 Å². The van der Waals surface area contributed by atoms with E-state index in [-0.39, 0.29) is 0 Å². The van der Waals surface area contributed by atoms with Gasteiger partial charge in [0.2, 0.25) is 0 Å². The van der Waals surface area contributed by atoms with Crippen molar-refractivity contribution in [2.45, 2.75) is 40.4 Å². The van der Waals surface area contributed by atoms with Crippen LogP contribution in [0, 0.1) is 20.8 Å². The molecule has 3 N–H and O–H groups in total. The Morgan fingerprint density at radius 2 is 1.63 bits per heavy atom. The lowest BCUT2D eigenvalue weighted by molar-refractivity contribution is -0.159. The van der Waals surface area contributed by atoms with E-state index in [0.717, 1.165) is 26.2 Å². The molecule has 0 spiro atoms. The molecule has 27 heavy (non-hydrogen) atoms. The molecule has 0 saturated carbocycles. The molecule has 1 heterocycles. The van der Waals surface area contributed by atoms with Crippen molar-refractivity contribution in [1.29, 1.82) is 0 Å². The van der Waals surface area contributed by atoms with Gasteiger partial charge in [-0.25, -0.2) is 9.59 Å². The topological polar surface area (TPSA) is 101 Å². The van der Waals surface area contributed by atoms with E-state index in [2.05, 4.69) is 61.0 Å². The van der Waals surface area contributed by atoms with E-state index in [4.69, 9.17) is 24.5 Å². The maximum atomic E-state index is 9.10. The van der Waals surface area contributed by atoms with Gasteiger partial charge in [-0.2, -0.15) is 0 Å². The highest BCUT2D eigenvalue weighted by Crippen LogP contribution is 2.15. The summed E-state index contributed by atoms with van der Waals surface area (Å²) in [6, 6.07) is 11.0. The van der Waals surface area contributed by atoms with E-state index in [9.17, 15) is 0 Å². The first kappa shape index (κ1) is 22.4. The van der Waals surface area contributed by atoms with Crippen molar-refractivity contribution in [2.75, 3.05) is 13.7 Å². The molecule has 0 atom stereocenters. The number of carbonyl (C=O) groups is 2. The standard InChI is InChI=1S/C18H26N2O.C2H2O4/c1-14-5-7-17(8-6-14)12-19-13-18-11-15(2)20(16(18)3)9-10-21-4;3-1(4)2(5)6/h5-8,11,19H,9-10,12-13H2,1-4H3;(H,3,4)(H,5,6). The molecule has 7 nitrogen and oxygen atoms in total.